The smallest absolute Gasteiger partial charge is 0.224 e. The van der Waals surface area contributed by atoms with Gasteiger partial charge in [-0.3, -0.25) is 4.79 Å². The van der Waals surface area contributed by atoms with Crippen LogP contribution in [0, 0.1) is 6.92 Å². The number of carbonyl (C=O) groups excluding carboxylic acids is 1. The quantitative estimate of drug-likeness (QED) is 0.520. The van der Waals surface area contributed by atoms with E-state index in [0.717, 1.165) is 51.8 Å². The minimum Gasteiger partial charge on any atom is -0.464 e. The van der Waals surface area contributed by atoms with Gasteiger partial charge < -0.3 is 14.7 Å². The molecule has 2 heterocycles. The van der Waals surface area contributed by atoms with E-state index in [1.165, 1.54) is 0 Å². The minimum atomic E-state index is 0.0119. The highest BCUT2D eigenvalue weighted by Crippen LogP contribution is 2.22. The van der Waals surface area contributed by atoms with Crippen molar-refractivity contribution in [1.82, 2.24) is 15.3 Å². The summed E-state index contributed by atoms with van der Waals surface area (Å²) in [4.78, 5) is 20.1. The SMILES string of the molecule is Cc1ccc2c(CC(=O)NCCCc3nc4ccccc4[nH]3)coc2c1. The van der Waals surface area contributed by atoms with E-state index in [-0.39, 0.29) is 5.91 Å². The van der Waals surface area contributed by atoms with Gasteiger partial charge in [-0.05, 0) is 37.1 Å². The number of fused-ring (bicyclic) bond motifs is 2. The number of para-hydroxylation sites is 2. The van der Waals surface area contributed by atoms with Crippen LogP contribution in [0.5, 0.6) is 0 Å². The molecule has 0 saturated heterocycles. The van der Waals surface area contributed by atoms with Crippen molar-refractivity contribution in [2.75, 3.05) is 6.54 Å². The fourth-order valence-electron chi connectivity index (χ4n) is 3.17. The van der Waals surface area contributed by atoms with E-state index >= 15 is 0 Å². The summed E-state index contributed by atoms with van der Waals surface area (Å²) in [5, 5.41) is 3.99. The molecule has 2 N–H and O–H groups in total. The monoisotopic (exact) mass is 347 g/mol. The summed E-state index contributed by atoms with van der Waals surface area (Å²) < 4.78 is 5.55. The molecule has 0 aliphatic carbocycles. The van der Waals surface area contributed by atoms with Crippen molar-refractivity contribution in [3.8, 4) is 0 Å². The fourth-order valence-corrected chi connectivity index (χ4v) is 3.17. The average Bonchev–Trinajstić information content (AvgIpc) is 3.22. The molecule has 5 nitrogen and oxygen atoms in total. The molecule has 0 bridgehead atoms. The fraction of sp³-hybridized carbons (Fsp3) is 0.238. The normalized spacial score (nSPS) is 11.3. The predicted molar refractivity (Wildman–Crippen MR) is 102 cm³/mol. The van der Waals surface area contributed by atoms with Gasteiger partial charge >= 0.3 is 0 Å². The lowest BCUT2D eigenvalue weighted by molar-refractivity contribution is -0.120. The highest BCUT2D eigenvalue weighted by atomic mass is 16.3. The summed E-state index contributed by atoms with van der Waals surface area (Å²) in [5.41, 5.74) is 4.93. The number of furan rings is 1. The van der Waals surface area contributed by atoms with Crippen molar-refractivity contribution in [1.29, 1.82) is 0 Å². The van der Waals surface area contributed by atoms with Gasteiger partial charge in [-0.1, -0.05) is 24.3 Å². The van der Waals surface area contributed by atoms with Crippen LogP contribution >= 0.6 is 0 Å². The molecular weight excluding hydrogens is 326 g/mol. The highest BCUT2D eigenvalue weighted by Gasteiger charge is 2.10. The first-order chi connectivity index (χ1) is 12.7. The third kappa shape index (κ3) is 3.47. The van der Waals surface area contributed by atoms with E-state index in [4.69, 9.17) is 4.42 Å². The van der Waals surface area contributed by atoms with E-state index in [0.29, 0.717) is 13.0 Å². The maximum Gasteiger partial charge on any atom is 0.224 e. The Morgan fingerprint density at radius 2 is 2.12 bits per heavy atom. The summed E-state index contributed by atoms with van der Waals surface area (Å²) in [6, 6.07) is 14.0. The molecule has 0 aliphatic heterocycles. The molecule has 4 rings (SSSR count). The lowest BCUT2D eigenvalue weighted by Gasteiger charge is -2.04. The topological polar surface area (TPSA) is 70.9 Å². The molecule has 2 aromatic carbocycles. The Labute approximate surface area is 151 Å². The van der Waals surface area contributed by atoms with E-state index < -0.39 is 0 Å². The number of aryl methyl sites for hydroxylation is 2. The van der Waals surface area contributed by atoms with Crippen LogP contribution in [0.3, 0.4) is 0 Å². The predicted octanol–water partition coefficient (Wildman–Crippen LogP) is 3.91. The summed E-state index contributed by atoms with van der Waals surface area (Å²) in [7, 11) is 0. The Morgan fingerprint density at radius 1 is 1.23 bits per heavy atom. The first-order valence-corrected chi connectivity index (χ1v) is 8.86. The number of imidazole rings is 1. The van der Waals surface area contributed by atoms with Crippen LogP contribution in [0.1, 0.15) is 23.4 Å². The molecule has 5 heteroatoms. The van der Waals surface area contributed by atoms with Crippen LogP contribution < -0.4 is 5.32 Å². The molecule has 0 unspecified atom stereocenters. The second-order valence-corrected chi connectivity index (χ2v) is 6.59. The summed E-state index contributed by atoms with van der Waals surface area (Å²) in [6.45, 7) is 2.65. The zero-order valence-electron chi connectivity index (χ0n) is 14.7. The van der Waals surface area contributed by atoms with E-state index in [1.54, 1.807) is 6.26 Å². The van der Waals surface area contributed by atoms with Gasteiger partial charge in [-0.25, -0.2) is 4.98 Å². The average molecular weight is 347 g/mol. The van der Waals surface area contributed by atoms with Crippen molar-refractivity contribution < 1.29 is 9.21 Å². The van der Waals surface area contributed by atoms with Gasteiger partial charge in [-0.15, -0.1) is 0 Å². The van der Waals surface area contributed by atoms with Crippen molar-refractivity contribution in [3.05, 3.63) is 65.7 Å². The third-order valence-electron chi connectivity index (χ3n) is 4.51. The molecule has 0 atom stereocenters. The second kappa shape index (κ2) is 7.04. The third-order valence-corrected chi connectivity index (χ3v) is 4.51. The second-order valence-electron chi connectivity index (χ2n) is 6.59. The maximum absolute atomic E-state index is 12.2. The molecule has 0 aliphatic rings. The summed E-state index contributed by atoms with van der Waals surface area (Å²) in [5.74, 6) is 0.967. The van der Waals surface area contributed by atoms with Crippen molar-refractivity contribution in [2.45, 2.75) is 26.2 Å². The first kappa shape index (κ1) is 16.4. The number of hydrogen-bond donors (Lipinski definition) is 2. The Morgan fingerprint density at radius 3 is 3.00 bits per heavy atom. The number of aromatic nitrogens is 2. The number of carbonyl (C=O) groups is 1. The summed E-state index contributed by atoms with van der Waals surface area (Å²) in [6.07, 6.45) is 3.67. The number of amides is 1. The van der Waals surface area contributed by atoms with Crippen molar-refractivity contribution in [2.24, 2.45) is 0 Å². The van der Waals surface area contributed by atoms with Crippen LogP contribution in [0.15, 0.2) is 53.1 Å². The number of aromatic amines is 1. The Hall–Kier alpha value is -3.08. The number of nitrogens with zero attached hydrogens (tertiary/aromatic N) is 1. The molecule has 1 amide bonds. The van der Waals surface area contributed by atoms with Crippen molar-refractivity contribution in [3.63, 3.8) is 0 Å². The Balaban J connectivity index is 1.28. The van der Waals surface area contributed by atoms with Gasteiger partial charge in [0.25, 0.3) is 0 Å². The van der Waals surface area contributed by atoms with Crippen LogP contribution in [0.25, 0.3) is 22.0 Å². The lowest BCUT2D eigenvalue weighted by atomic mass is 10.1. The van der Waals surface area contributed by atoms with E-state index in [2.05, 4.69) is 15.3 Å². The molecule has 4 aromatic rings. The molecule has 26 heavy (non-hydrogen) atoms. The molecule has 0 radical (unpaired) electrons. The standard InChI is InChI=1S/C21H21N3O2/c1-14-8-9-16-15(13-26-19(16)11-14)12-21(25)22-10-4-7-20-23-17-5-2-3-6-18(17)24-20/h2-3,5-6,8-9,11,13H,4,7,10,12H2,1H3,(H,22,25)(H,23,24). The zero-order valence-corrected chi connectivity index (χ0v) is 14.7. The van der Waals surface area contributed by atoms with Crippen LogP contribution in [0.4, 0.5) is 0 Å². The minimum absolute atomic E-state index is 0.0119. The molecule has 0 fully saturated rings. The molecular formula is C21H21N3O2. The molecule has 2 aromatic heterocycles. The molecule has 0 spiro atoms. The number of nitrogens with one attached hydrogen (secondary N) is 2. The zero-order chi connectivity index (χ0) is 17.9. The van der Waals surface area contributed by atoms with Gasteiger partial charge in [-0.2, -0.15) is 0 Å². The van der Waals surface area contributed by atoms with Gasteiger partial charge in [0.1, 0.15) is 11.4 Å². The highest BCUT2D eigenvalue weighted by molar-refractivity contribution is 5.87. The Kier molecular flexibility index (Phi) is 4.44. The largest absolute Gasteiger partial charge is 0.464 e. The number of H-pyrrole nitrogens is 1. The molecule has 0 saturated carbocycles. The van der Waals surface area contributed by atoms with E-state index in [9.17, 15) is 4.79 Å². The lowest BCUT2D eigenvalue weighted by Crippen LogP contribution is -2.26. The summed E-state index contributed by atoms with van der Waals surface area (Å²) >= 11 is 0. The van der Waals surface area contributed by atoms with Gasteiger partial charge in [0, 0.05) is 23.9 Å². The number of hydrogen-bond acceptors (Lipinski definition) is 3. The Bertz CT molecular complexity index is 1030. The van der Waals surface area contributed by atoms with Gasteiger partial charge in [0.15, 0.2) is 0 Å². The van der Waals surface area contributed by atoms with Crippen LogP contribution in [-0.4, -0.2) is 22.4 Å². The first-order valence-electron chi connectivity index (χ1n) is 8.86. The van der Waals surface area contributed by atoms with Crippen molar-refractivity contribution >= 4 is 27.9 Å². The van der Waals surface area contributed by atoms with Gasteiger partial charge in [0.2, 0.25) is 5.91 Å². The van der Waals surface area contributed by atoms with Crippen LogP contribution in [0.2, 0.25) is 0 Å². The van der Waals surface area contributed by atoms with Gasteiger partial charge in [0.05, 0.1) is 23.7 Å². The molecule has 132 valence electrons. The number of rotatable bonds is 6. The maximum atomic E-state index is 12.2. The number of benzene rings is 2. The van der Waals surface area contributed by atoms with E-state index in [1.807, 2.05) is 49.4 Å². The van der Waals surface area contributed by atoms with Crippen LogP contribution in [-0.2, 0) is 17.6 Å².